The van der Waals surface area contributed by atoms with E-state index in [1.165, 1.54) is 11.9 Å². The van der Waals surface area contributed by atoms with Gasteiger partial charge in [-0.15, -0.1) is 11.8 Å². The fraction of sp³-hybridized carbons (Fsp3) is 0.179. The molecule has 0 saturated carbocycles. The summed E-state index contributed by atoms with van der Waals surface area (Å²) in [6, 6.07) is 46.1. The van der Waals surface area contributed by atoms with E-state index in [9.17, 15) is 14.7 Å². The van der Waals surface area contributed by atoms with Crippen LogP contribution in [-0.2, 0) is 14.3 Å². The number of nitrogens with zero attached hydrogens (tertiary/aromatic N) is 1. The van der Waals surface area contributed by atoms with E-state index < -0.39 is 22.9 Å². The van der Waals surface area contributed by atoms with E-state index in [2.05, 4.69) is 60.7 Å². The minimum absolute atomic E-state index is 0.100. The van der Waals surface area contributed by atoms with Crippen molar-refractivity contribution in [2.75, 3.05) is 19.4 Å². The molecule has 1 amide bonds. The second-order valence-corrected chi connectivity index (χ2v) is 12.5. The van der Waals surface area contributed by atoms with Crippen LogP contribution in [0, 0.1) is 0 Å². The minimum Gasteiger partial charge on any atom is -0.480 e. The van der Waals surface area contributed by atoms with E-state index in [4.69, 9.17) is 4.74 Å². The number of amides is 1. The molecule has 0 unspecified atom stereocenters. The molecular formula is C39H35NO4S. The summed E-state index contributed by atoms with van der Waals surface area (Å²) >= 11 is 1.68. The molecule has 6 heteroatoms. The number of thioether (sulfide) groups is 1. The summed E-state index contributed by atoms with van der Waals surface area (Å²) in [6.07, 6.45) is -0.399. The van der Waals surface area contributed by atoms with Gasteiger partial charge >= 0.3 is 12.1 Å². The van der Waals surface area contributed by atoms with E-state index in [0.717, 1.165) is 38.9 Å². The molecule has 226 valence electrons. The number of carboxylic acids is 1. The summed E-state index contributed by atoms with van der Waals surface area (Å²) in [7, 11) is 1.52. The number of hydrogen-bond donors (Lipinski definition) is 1. The molecular weight excluding hydrogens is 578 g/mol. The van der Waals surface area contributed by atoms with Gasteiger partial charge in [-0.05, 0) is 51.1 Å². The molecule has 1 aliphatic carbocycles. The summed E-state index contributed by atoms with van der Waals surface area (Å²) in [6.45, 7) is 0.136. The summed E-state index contributed by atoms with van der Waals surface area (Å²) < 4.78 is 5.23. The van der Waals surface area contributed by atoms with Crippen LogP contribution in [0.1, 0.15) is 40.2 Å². The zero-order chi connectivity index (χ0) is 31.2. The maximum Gasteiger partial charge on any atom is 0.410 e. The number of likely N-dealkylation sites (N-methyl/N-ethyl adjacent to an activating group) is 1. The van der Waals surface area contributed by atoms with E-state index in [0.29, 0.717) is 5.75 Å². The molecule has 0 spiro atoms. The molecule has 0 aliphatic heterocycles. The standard InChI is InChI=1S/C39H35NO4S/c1-40(38(43)44-27-35-33-23-13-11-21-31(33)32-22-12-14-24-34(32)35)36(37(41)42)25-26-45-39(28-15-5-2-6-16-28,29-17-7-3-8-18-29)30-19-9-4-10-20-30/h2-24,35-36H,25-27H2,1H3,(H,41,42)/t36-/m1/s1. The summed E-state index contributed by atoms with van der Waals surface area (Å²) in [4.78, 5) is 27.1. The third-order valence-electron chi connectivity index (χ3n) is 8.63. The van der Waals surface area contributed by atoms with Gasteiger partial charge in [0.25, 0.3) is 0 Å². The first kappa shape index (κ1) is 30.2. The lowest BCUT2D eigenvalue weighted by atomic mass is 9.84. The highest BCUT2D eigenvalue weighted by atomic mass is 32.2. The van der Waals surface area contributed by atoms with Crippen LogP contribution in [0.15, 0.2) is 140 Å². The van der Waals surface area contributed by atoms with Gasteiger partial charge in [-0.3, -0.25) is 4.90 Å². The molecule has 45 heavy (non-hydrogen) atoms. The van der Waals surface area contributed by atoms with Gasteiger partial charge in [-0.2, -0.15) is 0 Å². The molecule has 0 bridgehead atoms. The Morgan fingerprint density at radius 3 is 1.58 bits per heavy atom. The molecule has 5 aromatic rings. The van der Waals surface area contributed by atoms with E-state index in [-0.39, 0.29) is 18.9 Å². The van der Waals surface area contributed by atoms with Crippen molar-refractivity contribution >= 4 is 23.8 Å². The molecule has 0 aromatic heterocycles. The van der Waals surface area contributed by atoms with Crippen LogP contribution in [0.3, 0.4) is 0 Å². The Morgan fingerprint density at radius 2 is 1.13 bits per heavy atom. The molecule has 6 rings (SSSR count). The van der Waals surface area contributed by atoms with Crippen molar-refractivity contribution in [2.24, 2.45) is 0 Å². The van der Waals surface area contributed by atoms with Crippen LogP contribution in [0.2, 0.25) is 0 Å². The third-order valence-corrected chi connectivity index (χ3v) is 10.2. The summed E-state index contributed by atoms with van der Waals surface area (Å²) in [5, 5.41) is 10.3. The zero-order valence-corrected chi connectivity index (χ0v) is 25.9. The fourth-order valence-corrected chi connectivity index (χ4v) is 7.95. The average Bonchev–Trinajstić information content (AvgIpc) is 3.41. The first-order valence-corrected chi connectivity index (χ1v) is 16.1. The van der Waals surface area contributed by atoms with Crippen molar-refractivity contribution in [2.45, 2.75) is 23.1 Å². The first-order valence-electron chi connectivity index (χ1n) is 15.1. The van der Waals surface area contributed by atoms with Crippen LogP contribution in [0.4, 0.5) is 4.79 Å². The largest absolute Gasteiger partial charge is 0.480 e. The van der Waals surface area contributed by atoms with Crippen LogP contribution in [0.25, 0.3) is 11.1 Å². The number of benzene rings is 5. The predicted molar refractivity (Wildman–Crippen MR) is 181 cm³/mol. The van der Waals surface area contributed by atoms with Crippen LogP contribution < -0.4 is 0 Å². The Hall–Kier alpha value is -4.81. The second-order valence-electron chi connectivity index (χ2n) is 11.2. The van der Waals surface area contributed by atoms with Gasteiger partial charge in [-0.1, -0.05) is 140 Å². The van der Waals surface area contributed by atoms with E-state index in [1.807, 2.05) is 78.9 Å². The van der Waals surface area contributed by atoms with Crippen molar-refractivity contribution in [1.82, 2.24) is 4.90 Å². The predicted octanol–water partition coefficient (Wildman–Crippen LogP) is 8.44. The fourth-order valence-electron chi connectivity index (χ4n) is 6.40. The van der Waals surface area contributed by atoms with Crippen molar-refractivity contribution in [3.63, 3.8) is 0 Å². The zero-order valence-electron chi connectivity index (χ0n) is 25.1. The highest BCUT2D eigenvalue weighted by molar-refractivity contribution is 8.00. The van der Waals surface area contributed by atoms with Gasteiger partial charge in [-0.25, -0.2) is 9.59 Å². The lowest BCUT2D eigenvalue weighted by Gasteiger charge is -2.36. The van der Waals surface area contributed by atoms with Crippen LogP contribution in [0.5, 0.6) is 0 Å². The lowest BCUT2D eigenvalue weighted by Crippen LogP contribution is -2.43. The molecule has 1 atom stereocenters. The number of carboxylic acid groups (broad SMARTS) is 1. The Kier molecular flexibility index (Phi) is 9.03. The first-order chi connectivity index (χ1) is 22.0. The molecule has 0 fully saturated rings. The molecule has 0 saturated heterocycles. The number of carbonyl (C=O) groups is 2. The molecule has 5 aromatic carbocycles. The van der Waals surface area contributed by atoms with Gasteiger partial charge in [0.2, 0.25) is 0 Å². The monoisotopic (exact) mass is 613 g/mol. The second kappa shape index (κ2) is 13.4. The van der Waals surface area contributed by atoms with Crippen LogP contribution >= 0.6 is 11.8 Å². The lowest BCUT2D eigenvalue weighted by molar-refractivity contribution is -0.142. The minimum atomic E-state index is -1.06. The van der Waals surface area contributed by atoms with Crippen molar-refractivity contribution in [3.05, 3.63) is 167 Å². The topological polar surface area (TPSA) is 66.8 Å². The maximum atomic E-state index is 13.3. The number of carbonyl (C=O) groups excluding carboxylic acids is 1. The van der Waals surface area contributed by atoms with Crippen LogP contribution in [-0.4, -0.2) is 47.5 Å². The number of fused-ring (bicyclic) bond motifs is 3. The van der Waals surface area contributed by atoms with Gasteiger partial charge in [0.05, 0.1) is 4.75 Å². The maximum absolute atomic E-state index is 13.3. The third kappa shape index (κ3) is 5.98. The normalized spacial score (nSPS) is 13.0. The van der Waals surface area contributed by atoms with E-state index in [1.54, 1.807) is 11.8 Å². The summed E-state index contributed by atoms with van der Waals surface area (Å²) in [5.74, 6) is -0.676. The number of aliphatic carboxylic acids is 1. The number of ether oxygens (including phenoxy) is 1. The molecule has 1 N–H and O–H groups in total. The van der Waals surface area contributed by atoms with Gasteiger partial charge in [0.15, 0.2) is 0 Å². The number of hydrogen-bond acceptors (Lipinski definition) is 4. The van der Waals surface area contributed by atoms with Crippen molar-refractivity contribution in [3.8, 4) is 11.1 Å². The Balaban J connectivity index is 1.20. The van der Waals surface area contributed by atoms with Gasteiger partial charge in [0, 0.05) is 13.0 Å². The highest BCUT2D eigenvalue weighted by Crippen LogP contribution is 2.49. The molecule has 1 aliphatic rings. The Labute approximate surface area is 268 Å². The average molecular weight is 614 g/mol. The quantitative estimate of drug-likeness (QED) is 0.152. The smallest absolute Gasteiger partial charge is 0.410 e. The molecule has 5 nitrogen and oxygen atoms in total. The van der Waals surface area contributed by atoms with Gasteiger partial charge in [0.1, 0.15) is 12.6 Å². The Bertz CT molecular complexity index is 1620. The molecule has 0 radical (unpaired) electrons. The highest BCUT2D eigenvalue weighted by Gasteiger charge is 2.38. The SMILES string of the molecule is CN(C(=O)OCC1c2ccccc2-c2ccccc21)[C@H](CCSC(c1ccccc1)(c1ccccc1)c1ccccc1)C(=O)O. The van der Waals surface area contributed by atoms with Crippen molar-refractivity contribution in [1.29, 1.82) is 0 Å². The molecule has 0 heterocycles. The van der Waals surface area contributed by atoms with E-state index >= 15 is 0 Å². The Morgan fingerprint density at radius 1 is 0.711 bits per heavy atom. The number of rotatable bonds is 11. The van der Waals surface area contributed by atoms with Gasteiger partial charge < -0.3 is 9.84 Å². The summed E-state index contributed by atoms with van der Waals surface area (Å²) in [5.41, 5.74) is 7.81. The van der Waals surface area contributed by atoms with Crippen molar-refractivity contribution < 1.29 is 19.4 Å².